The van der Waals surface area contributed by atoms with Gasteiger partial charge in [0.2, 0.25) is 0 Å². The molecule has 2 heterocycles. The standard InChI is InChI=1S/C24H20F3N3O3/c1-32-18-8-3-15(4-9-18)20-13-16-5-12-21(28-14-24(25,26)27)29-22(16)30(23(20)31)17-6-10-19(33-2)11-7-17/h3-13H,14H2,1-2H3,(H,28,29)/i1D3,2D3. The SMILES string of the molecule is [2H]C([2H])([2H])Oc1ccc(-c2cc3ccc(NCC(F)(F)F)nc3n(-c3ccc(OC([2H])([2H])[2H])cc3)c2=O)cc1. The second-order valence-corrected chi connectivity index (χ2v) is 7.00. The summed E-state index contributed by atoms with van der Waals surface area (Å²) in [6, 6.07) is 15.6. The second-order valence-electron chi connectivity index (χ2n) is 7.00. The maximum atomic E-state index is 13.7. The summed E-state index contributed by atoms with van der Waals surface area (Å²) < 4.78 is 92.5. The maximum Gasteiger partial charge on any atom is 0.405 e. The summed E-state index contributed by atoms with van der Waals surface area (Å²) in [7, 11) is -5.35. The molecule has 0 amide bonds. The molecule has 0 aliphatic heterocycles. The predicted molar refractivity (Wildman–Crippen MR) is 120 cm³/mol. The Morgan fingerprint density at radius 3 is 2.21 bits per heavy atom. The van der Waals surface area contributed by atoms with Gasteiger partial charge in [0.05, 0.1) is 28.0 Å². The summed E-state index contributed by atoms with van der Waals surface area (Å²) >= 11 is 0. The number of ether oxygens (including phenoxy) is 2. The average Bonchev–Trinajstić information content (AvgIpc) is 2.81. The van der Waals surface area contributed by atoms with Gasteiger partial charge >= 0.3 is 6.18 Å². The van der Waals surface area contributed by atoms with Gasteiger partial charge in [-0.2, -0.15) is 13.2 Å². The van der Waals surface area contributed by atoms with Gasteiger partial charge in [0.15, 0.2) is 0 Å². The van der Waals surface area contributed by atoms with E-state index in [9.17, 15) is 18.0 Å². The lowest BCUT2D eigenvalue weighted by Crippen LogP contribution is -2.23. The van der Waals surface area contributed by atoms with Crippen molar-refractivity contribution in [2.24, 2.45) is 0 Å². The van der Waals surface area contributed by atoms with Crippen LogP contribution in [-0.4, -0.2) is 36.3 Å². The van der Waals surface area contributed by atoms with Crippen LogP contribution in [0.2, 0.25) is 0 Å². The number of pyridine rings is 2. The summed E-state index contributed by atoms with van der Waals surface area (Å²) in [5.41, 5.74) is 0.297. The van der Waals surface area contributed by atoms with E-state index < -0.39 is 32.4 Å². The molecule has 2 aromatic heterocycles. The molecule has 4 rings (SSSR count). The summed E-state index contributed by atoms with van der Waals surface area (Å²) in [4.78, 5) is 18.0. The highest BCUT2D eigenvalue weighted by atomic mass is 19.4. The Balaban J connectivity index is 1.85. The number of aromatic nitrogens is 2. The van der Waals surface area contributed by atoms with E-state index in [0.29, 0.717) is 10.9 Å². The third kappa shape index (κ3) is 4.77. The van der Waals surface area contributed by atoms with Crippen molar-refractivity contribution in [3.63, 3.8) is 0 Å². The molecule has 0 aliphatic carbocycles. The van der Waals surface area contributed by atoms with Crippen LogP contribution in [0.15, 0.2) is 71.5 Å². The number of hydrogen-bond acceptors (Lipinski definition) is 5. The van der Waals surface area contributed by atoms with Crippen molar-refractivity contribution in [1.29, 1.82) is 0 Å². The minimum absolute atomic E-state index is 0.0117. The Hall–Kier alpha value is -4.01. The number of anilines is 1. The fourth-order valence-electron chi connectivity index (χ4n) is 3.29. The normalized spacial score (nSPS) is 14.9. The first-order chi connectivity index (χ1) is 18.1. The third-order valence-corrected chi connectivity index (χ3v) is 4.82. The zero-order chi connectivity index (χ0) is 28.6. The van der Waals surface area contributed by atoms with Gasteiger partial charge < -0.3 is 14.8 Å². The molecule has 170 valence electrons. The first-order valence-corrected chi connectivity index (χ1v) is 9.54. The molecule has 0 saturated heterocycles. The van der Waals surface area contributed by atoms with Crippen LogP contribution in [0.3, 0.4) is 0 Å². The molecule has 2 aromatic carbocycles. The Morgan fingerprint density at radius 2 is 1.61 bits per heavy atom. The highest BCUT2D eigenvalue weighted by Gasteiger charge is 2.27. The van der Waals surface area contributed by atoms with Crippen molar-refractivity contribution in [1.82, 2.24) is 9.55 Å². The van der Waals surface area contributed by atoms with Crippen LogP contribution in [0, 0.1) is 0 Å². The van der Waals surface area contributed by atoms with E-state index in [1.54, 1.807) is 0 Å². The number of hydrogen-bond donors (Lipinski definition) is 1. The summed E-state index contributed by atoms with van der Waals surface area (Å²) in [5, 5.41) is 2.60. The lowest BCUT2D eigenvalue weighted by atomic mass is 10.1. The van der Waals surface area contributed by atoms with Gasteiger partial charge in [0, 0.05) is 10.9 Å². The molecular weight excluding hydrogens is 435 g/mol. The van der Waals surface area contributed by atoms with Crippen molar-refractivity contribution in [2.75, 3.05) is 25.9 Å². The number of methoxy groups -OCH3 is 2. The molecule has 0 radical (unpaired) electrons. The second kappa shape index (κ2) is 8.85. The Labute approximate surface area is 195 Å². The topological polar surface area (TPSA) is 65.4 Å². The van der Waals surface area contributed by atoms with Gasteiger partial charge in [-0.25, -0.2) is 4.98 Å². The van der Waals surface area contributed by atoms with Crippen LogP contribution in [0.5, 0.6) is 11.5 Å². The van der Waals surface area contributed by atoms with Crippen LogP contribution in [-0.2, 0) is 0 Å². The van der Waals surface area contributed by atoms with Crippen molar-refractivity contribution in [3.05, 3.63) is 77.1 Å². The minimum Gasteiger partial charge on any atom is -0.497 e. The number of nitrogens with zero attached hydrogens (tertiary/aromatic N) is 2. The van der Waals surface area contributed by atoms with Crippen LogP contribution >= 0.6 is 0 Å². The highest BCUT2D eigenvalue weighted by molar-refractivity contribution is 5.84. The smallest absolute Gasteiger partial charge is 0.405 e. The monoisotopic (exact) mass is 461 g/mol. The average molecular weight is 461 g/mol. The fourth-order valence-corrected chi connectivity index (χ4v) is 3.29. The van der Waals surface area contributed by atoms with Gasteiger partial charge in [-0.1, -0.05) is 12.1 Å². The number of nitrogens with one attached hydrogen (secondary N) is 1. The quantitative estimate of drug-likeness (QED) is 0.436. The van der Waals surface area contributed by atoms with Crippen LogP contribution in [0.4, 0.5) is 19.0 Å². The van der Waals surface area contributed by atoms with Crippen molar-refractivity contribution >= 4 is 16.9 Å². The Morgan fingerprint density at radius 1 is 0.970 bits per heavy atom. The largest absolute Gasteiger partial charge is 0.497 e. The van der Waals surface area contributed by atoms with Gasteiger partial charge in [0.25, 0.3) is 5.56 Å². The first kappa shape index (κ1) is 15.7. The molecule has 1 N–H and O–H groups in total. The lowest BCUT2D eigenvalue weighted by Gasteiger charge is -2.15. The van der Waals surface area contributed by atoms with Gasteiger partial charge in [-0.05, 0) is 60.2 Å². The number of rotatable bonds is 6. The van der Waals surface area contributed by atoms with Crippen LogP contribution < -0.4 is 20.3 Å². The summed E-state index contributed by atoms with van der Waals surface area (Å²) in [5.74, 6) is -0.0430. The molecule has 0 bridgehead atoms. The minimum atomic E-state index is -4.49. The summed E-state index contributed by atoms with van der Waals surface area (Å²) in [6.07, 6.45) is -4.49. The van der Waals surface area contributed by atoms with E-state index >= 15 is 0 Å². The van der Waals surface area contributed by atoms with Crippen molar-refractivity contribution in [2.45, 2.75) is 6.18 Å². The van der Waals surface area contributed by atoms with Crippen LogP contribution in [0.1, 0.15) is 8.22 Å². The molecule has 0 spiro atoms. The number of alkyl halides is 3. The van der Waals surface area contributed by atoms with E-state index in [2.05, 4.69) is 10.3 Å². The number of benzene rings is 2. The predicted octanol–water partition coefficient (Wildman–Crippen LogP) is 5.04. The number of halogens is 3. The molecule has 0 aliphatic rings. The van der Waals surface area contributed by atoms with Gasteiger partial charge in [-0.15, -0.1) is 0 Å². The molecule has 0 fully saturated rings. The molecule has 6 nitrogen and oxygen atoms in total. The number of fused-ring (bicyclic) bond motifs is 1. The zero-order valence-corrected chi connectivity index (χ0v) is 16.8. The molecule has 0 atom stereocenters. The maximum absolute atomic E-state index is 13.7. The fraction of sp³-hybridized carbons (Fsp3) is 0.167. The van der Waals surface area contributed by atoms with Crippen molar-refractivity contribution < 1.29 is 30.9 Å². The molecule has 0 unspecified atom stereocenters. The third-order valence-electron chi connectivity index (χ3n) is 4.82. The molecule has 9 heteroatoms. The van der Waals surface area contributed by atoms with Gasteiger partial charge in [0.1, 0.15) is 29.5 Å². The lowest BCUT2D eigenvalue weighted by molar-refractivity contribution is -0.115. The molecule has 4 aromatic rings. The van der Waals surface area contributed by atoms with Crippen molar-refractivity contribution in [3.8, 4) is 28.3 Å². The Kier molecular flexibility index (Phi) is 4.22. The first-order valence-electron chi connectivity index (χ1n) is 12.5. The van der Waals surface area contributed by atoms with Crippen LogP contribution in [0.25, 0.3) is 27.8 Å². The molecule has 0 saturated carbocycles. The van der Waals surface area contributed by atoms with E-state index in [4.69, 9.17) is 17.7 Å². The zero-order valence-electron chi connectivity index (χ0n) is 22.8. The van der Waals surface area contributed by atoms with E-state index in [1.165, 1.54) is 71.3 Å². The van der Waals surface area contributed by atoms with E-state index in [-0.39, 0.29) is 34.2 Å². The van der Waals surface area contributed by atoms with E-state index in [0.717, 1.165) is 0 Å². The summed E-state index contributed by atoms with van der Waals surface area (Å²) in [6.45, 7) is -1.33. The Bertz CT molecular complexity index is 1540. The molecular formula is C24H20F3N3O3. The highest BCUT2D eigenvalue weighted by Crippen LogP contribution is 2.26. The van der Waals surface area contributed by atoms with E-state index in [1.807, 2.05) is 0 Å². The van der Waals surface area contributed by atoms with Gasteiger partial charge in [-0.3, -0.25) is 9.36 Å². The molecule has 33 heavy (non-hydrogen) atoms.